The topological polar surface area (TPSA) is 44.6 Å². The minimum atomic E-state index is -0.281. The molecule has 1 aliphatic heterocycles. The maximum absolute atomic E-state index is 14.1. The predicted molar refractivity (Wildman–Crippen MR) is 132 cm³/mol. The van der Waals surface area contributed by atoms with E-state index in [0.29, 0.717) is 25.2 Å². The Bertz CT molecular complexity index is 941. The number of hydrogen-bond acceptors (Lipinski definition) is 4. The number of rotatable bonds is 8. The molecule has 0 atom stereocenters. The van der Waals surface area contributed by atoms with Gasteiger partial charge in [0.25, 0.3) is 0 Å². The van der Waals surface area contributed by atoms with Gasteiger partial charge in [-0.2, -0.15) is 5.10 Å². The van der Waals surface area contributed by atoms with E-state index in [1.165, 1.54) is 12.1 Å². The summed E-state index contributed by atoms with van der Waals surface area (Å²) < 4.78 is 16.0. The zero-order valence-corrected chi connectivity index (χ0v) is 21.2. The average Bonchev–Trinajstić information content (AvgIpc) is 3.08. The standard InChI is InChI=1S/C26H40FN5O/c1-7-12-31(24(33)18-26(4,5)6)19-23-20(3)28-32(22-11-9-10-21(27)17-22)25(23)30-15-13-29(8-2)14-16-30/h9-11,17H,7-8,12-16,18-19H2,1-6H3. The Hall–Kier alpha value is -2.41. The first kappa shape index (κ1) is 25.2. The number of halogens is 1. The second kappa shape index (κ2) is 10.7. The summed E-state index contributed by atoms with van der Waals surface area (Å²) in [5.74, 6) is 0.874. The van der Waals surface area contributed by atoms with Crippen LogP contribution in [0.25, 0.3) is 5.69 Å². The van der Waals surface area contributed by atoms with E-state index in [1.54, 1.807) is 6.07 Å². The van der Waals surface area contributed by atoms with Gasteiger partial charge in [0.15, 0.2) is 0 Å². The molecule has 3 rings (SSSR count). The molecule has 1 saturated heterocycles. The van der Waals surface area contributed by atoms with E-state index in [1.807, 2.05) is 22.6 Å². The fourth-order valence-corrected chi connectivity index (χ4v) is 4.44. The average molecular weight is 458 g/mol. The van der Waals surface area contributed by atoms with Crippen molar-refractivity contribution in [3.8, 4) is 5.69 Å². The van der Waals surface area contributed by atoms with Gasteiger partial charge in [0.1, 0.15) is 11.6 Å². The van der Waals surface area contributed by atoms with Crippen molar-refractivity contribution in [2.75, 3.05) is 44.2 Å². The summed E-state index contributed by atoms with van der Waals surface area (Å²) >= 11 is 0. The second-order valence-electron chi connectivity index (χ2n) is 10.3. The van der Waals surface area contributed by atoms with Crippen LogP contribution < -0.4 is 4.90 Å². The van der Waals surface area contributed by atoms with Crippen molar-refractivity contribution in [2.24, 2.45) is 5.41 Å². The highest BCUT2D eigenvalue weighted by molar-refractivity contribution is 5.77. The van der Waals surface area contributed by atoms with Crippen molar-refractivity contribution in [2.45, 2.75) is 60.9 Å². The number of anilines is 1. The highest BCUT2D eigenvalue weighted by Crippen LogP contribution is 2.31. The number of nitrogens with zero attached hydrogens (tertiary/aromatic N) is 5. The highest BCUT2D eigenvalue weighted by atomic mass is 19.1. The summed E-state index contributed by atoms with van der Waals surface area (Å²) in [5.41, 5.74) is 2.58. The van der Waals surface area contributed by atoms with Crippen molar-refractivity contribution in [3.05, 3.63) is 41.3 Å². The molecule has 1 aliphatic rings. The maximum Gasteiger partial charge on any atom is 0.223 e. The van der Waals surface area contributed by atoms with Gasteiger partial charge in [-0.3, -0.25) is 4.79 Å². The summed E-state index contributed by atoms with van der Waals surface area (Å²) in [4.78, 5) is 19.9. The molecule has 0 radical (unpaired) electrons. The van der Waals surface area contributed by atoms with Gasteiger partial charge in [0.2, 0.25) is 5.91 Å². The monoisotopic (exact) mass is 457 g/mol. The largest absolute Gasteiger partial charge is 0.354 e. The van der Waals surface area contributed by atoms with E-state index < -0.39 is 0 Å². The van der Waals surface area contributed by atoms with Crippen LogP contribution in [0.1, 0.15) is 58.7 Å². The van der Waals surface area contributed by atoms with E-state index in [9.17, 15) is 9.18 Å². The lowest BCUT2D eigenvalue weighted by Gasteiger charge is -2.36. The van der Waals surface area contributed by atoms with E-state index in [0.717, 1.165) is 56.2 Å². The van der Waals surface area contributed by atoms with E-state index in [-0.39, 0.29) is 17.1 Å². The van der Waals surface area contributed by atoms with Crippen LogP contribution in [0.15, 0.2) is 24.3 Å². The molecule has 0 aliphatic carbocycles. The third-order valence-corrected chi connectivity index (χ3v) is 6.21. The summed E-state index contributed by atoms with van der Waals surface area (Å²) in [6, 6.07) is 6.58. The summed E-state index contributed by atoms with van der Waals surface area (Å²) in [6.07, 6.45) is 1.41. The predicted octanol–water partition coefficient (Wildman–Crippen LogP) is 4.64. The van der Waals surface area contributed by atoms with Crippen LogP contribution in [0.3, 0.4) is 0 Å². The Balaban J connectivity index is 2.01. The third kappa shape index (κ3) is 6.34. The zero-order chi connectivity index (χ0) is 24.2. The molecule has 2 heterocycles. The van der Waals surface area contributed by atoms with Crippen LogP contribution >= 0.6 is 0 Å². The zero-order valence-electron chi connectivity index (χ0n) is 21.2. The Morgan fingerprint density at radius 1 is 1.15 bits per heavy atom. The Morgan fingerprint density at radius 3 is 2.42 bits per heavy atom. The molecule has 0 saturated carbocycles. The van der Waals surface area contributed by atoms with Gasteiger partial charge in [-0.05, 0) is 43.5 Å². The molecule has 33 heavy (non-hydrogen) atoms. The van der Waals surface area contributed by atoms with Gasteiger partial charge in [-0.15, -0.1) is 0 Å². The molecular weight excluding hydrogens is 417 g/mol. The number of hydrogen-bond donors (Lipinski definition) is 0. The Kier molecular flexibility index (Phi) is 8.16. The van der Waals surface area contributed by atoms with E-state index in [2.05, 4.69) is 44.4 Å². The molecule has 0 unspecified atom stereocenters. The number of benzene rings is 1. The molecule has 7 heteroatoms. The molecular formula is C26H40FN5O. The molecule has 1 aromatic heterocycles. The SMILES string of the molecule is CCCN(Cc1c(C)nn(-c2cccc(F)c2)c1N1CCN(CC)CC1)C(=O)CC(C)(C)C. The molecule has 0 N–H and O–H groups in total. The summed E-state index contributed by atoms with van der Waals surface area (Å²) in [7, 11) is 0. The lowest BCUT2D eigenvalue weighted by Crippen LogP contribution is -2.47. The number of aryl methyl sites for hydroxylation is 1. The van der Waals surface area contributed by atoms with Crippen molar-refractivity contribution in [1.82, 2.24) is 19.6 Å². The van der Waals surface area contributed by atoms with E-state index in [4.69, 9.17) is 5.10 Å². The third-order valence-electron chi connectivity index (χ3n) is 6.21. The van der Waals surface area contributed by atoms with Gasteiger partial charge >= 0.3 is 0 Å². The van der Waals surface area contributed by atoms with Crippen LogP contribution in [-0.2, 0) is 11.3 Å². The number of aromatic nitrogens is 2. The smallest absolute Gasteiger partial charge is 0.223 e. The Morgan fingerprint density at radius 2 is 1.85 bits per heavy atom. The van der Waals surface area contributed by atoms with Crippen molar-refractivity contribution in [3.63, 3.8) is 0 Å². The first-order chi connectivity index (χ1) is 15.6. The van der Waals surface area contributed by atoms with Crippen molar-refractivity contribution in [1.29, 1.82) is 0 Å². The normalized spacial score (nSPS) is 15.2. The maximum atomic E-state index is 14.1. The lowest BCUT2D eigenvalue weighted by molar-refractivity contribution is -0.133. The molecule has 2 aromatic rings. The number of amides is 1. The molecule has 1 fully saturated rings. The summed E-state index contributed by atoms with van der Waals surface area (Å²) in [6.45, 7) is 18.6. The second-order valence-corrected chi connectivity index (χ2v) is 10.3. The summed E-state index contributed by atoms with van der Waals surface area (Å²) in [5, 5.41) is 4.84. The van der Waals surface area contributed by atoms with E-state index >= 15 is 0 Å². The first-order valence-corrected chi connectivity index (χ1v) is 12.2. The fraction of sp³-hybridized carbons (Fsp3) is 0.615. The van der Waals surface area contributed by atoms with Crippen LogP contribution in [-0.4, -0.2) is 64.8 Å². The molecule has 0 spiro atoms. The molecule has 182 valence electrons. The van der Waals surface area contributed by atoms with Crippen molar-refractivity contribution < 1.29 is 9.18 Å². The molecule has 1 amide bonds. The lowest BCUT2D eigenvalue weighted by atomic mass is 9.91. The molecule has 0 bridgehead atoms. The molecule has 6 nitrogen and oxygen atoms in total. The van der Waals surface area contributed by atoms with Crippen molar-refractivity contribution >= 4 is 11.7 Å². The van der Waals surface area contributed by atoms with Crippen LogP contribution in [0.4, 0.5) is 10.2 Å². The van der Waals surface area contributed by atoms with Gasteiger partial charge in [-0.1, -0.05) is 40.7 Å². The van der Waals surface area contributed by atoms with Gasteiger partial charge < -0.3 is 14.7 Å². The first-order valence-electron chi connectivity index (χ1n) is 12.2. The minimum absolute atomic E-state index is 0.0663. The minimum Gasteiger partial charge on any atom is -0.354 e. The quantitative estimate of drug-likeness (QED) is 0.579. The highest BCUT2D eigenvalue weighted by Gasteiger charge is 2.28. The number of carbonyl (C=O) groups excluding carboxylic acids is 1. The fourth-order valence-electron chi connectivity index (χ4n) is 4.44. The van der Waals surface area contributed by atoms with Crippen LogP contribution in [0.5, 0.6) is 0 Å². The number of piperazine rings is 1. The van der Waals surface area contributed by atoms with Crippen LogP contribution in [0, 0.1) is 18.2 Å². The number of likely N-dealkylation sites (N-methyl/N-ethyl adjacent to an activating group) is 1. The van der Waals surface area contributed by atoms with Gasteiger partial charge in [0, 0.05) is 44.7 Å². The van der Waals surface area contributed by atoms with Gasteiger partial charge in [-0.25, -0.2) is 9.07 Å². The van der Waals surface area contributed by atoms with Crippen LogP contribution in [0.2, 0.25) is 0 Å². The Labute approximate surface area is 198 Å². The molecule has 1 aromatic carbocycles. The number of carbonyl (C=O) groups is 1. The van der Waals surface area contributed by atoms with Gasteiger partial charge in [0.05, 0.1) is 17.9 Å².